The van der Waals surface area contributed by atoms with Crippen LogP contribution in [0.25, 0.3) is 0 Å². The van der Waals surface area contributed by atoms with Crippen LogP contribution in [0, 0.1) is 0 Å². The SMILES string of the molecule is CCOc1ccc(NC(=O)C[NH+]2CCCCCCC2)cc1S(=O)(=O)N(CC)CC. The van der Waals surface area contributed by atoms with Gasteiger partial charge in [0.05, 0.1) is 19.7 Å². The van der Waals surface area contributed by atoms with Crippen molar-refractivity contribution in [2.75, 3.05) is 44.6 Å². The maximum Gasteiger partial charge on any atom is 0.279 e. The Morgan fingerprint density at radius 1 is 1.07 bits per heavy atom. The maximum absolute atomic E-state index is 13.0. The zero-order chi connectivity index (χ0) is 21.3. The molecule has 29 heavy (non-hydrogen) atoms. The summed E-state index contributed by atoms with van der Waals surface area (Å²) in [5.74, 6) is 0.225. The average molecular weight is 427 g/mol. The van der Waals surface area contributed by atoms with E-state index in [4.69, 9.17) is 4.74 Å². The number of rotatable bonds is 9. The molecule has 1 aliphatic rings. The van der Waals surface area contributed by atoms with Crippen LogP contribution >= 0.6 is 0 Å². The lowest BCUT2D eigenvalue weighted by atomic mass is 10.1. The molecule has 1 aromatic rings. The molecule has 0 atom stereocenters. The molecule has 0 aromatic heterocycles. The summed E-state index contributed by atoms with van der Waals surface area (Å²) in [4.78, 5) is 14.0. The normalized spacial score (nSPS) is 16.3. The molecule has 164 valence electrons. The van der Waals surface area contributed by atoms with Crippen LogP contribution < -0.4 is 15.0 Å². The van der Waals surface area contributed by atoms with E-state index in [1.807, 2.05) is 6.92 Å². The third-order valence-corrected chi connectivity index (χ3v) is 7.39. The number of benzene rings is 1. The Bertz CT molecular complexity index is 755. The van der Waals surface area contributed by atoms with Crippen LogP contribution in [-0.4, -0.2) is 58.0 Å². The summed E-state index contributed by atoms with van der Waals surface area (Å²) in [6.07, 6.45) is 6.05. The molecule has 0 unspecified atom stereocenters. The fourth-order valence-electron chi connectivity index (χ4n) is 3.78. The van der Waals surface area contributed by atoms with Crippen LogP contribution in [0.15, 0.2) is 23.1 Å². The Morgan fingerprint density at radius 3 is 2.28 bits per heavy atom. The van der Waals surface area contributed by atoms with Crippen molar-refractivity contribution in [1.29, 1.82) is 0 Å². The van der Waals surface area contributed by atoms with E-state index in [2.05, 4.69) is 5.32 Å². The van der Waals surface area contributed by atoms with Gasteiger partial charge in [-0.15, -0.1) is 0 Å². The highest BCUT2D eigenvalue weighted by Crippen LogP contribution is 2.30. The smallest absolute Gasteiger partial charge is 0.279 e. The van der Waals surface area contributed by atoms with E-state index in [0.29, 0.717) is 37.7 Å². The number of carbonyl (C=O) groups is 1. The molecule has 1 fully saturated rings. The van der Waals surface area contributed by atoms with Crippen LogP contribution in [0.1, 0.15) is 52.9 Å². The van der Waals surface area contributed by atoms with Gasteiger partial charge in [0.25, 0.3) is 5.91 Å². The highest BCUT2D eigenvalue weighted by molar-refractivity contribution is 7.89. The highest BCUT2D eigenvalue weighted by Gasteiger charge is 2.26. The Kier molecular flexibility index (Phi) is 9.39. The highest BCUT2D eigenvalue weighted by atomic mass is 32.2. The molecule has 2 N–H and O–H groups in total. The minimum Gasteiger partial charge on any atom is -0.492 e. The summed E-state index contributed by atoms with van der Waals surface area (Å²) < 4.78 is 33.0. The molecule has 0 bridgehead atoms. The Labute approximate surface area is 175 Å². The van der Waals surface area contributed by atoms with E-state index in [9.17, 15) is 13.2 Å². The minimum absolute atomic E-state index is 0.0871. The number of ether oxygens (including phenoxy) is 1. The van der Waals surface area contributed by atoms with Gasteiger partial charge in [-0.3, -0.25) is 4.79 Å². The predicted octanol–water partition coefficient (Wildman–Crippen LogP) is 1.90. The third kappa shape index (κ3) is 6.69. The standard InChI is InChI=1S/C21H35N3O4S/c1-4-24(5-2)29(26,27)20-16-18(12-13-19(20)28-6-3)22-21(25)17-23-14-10-8-7-9-11-15-23/h12-13,16H,4-11,14-15,17H2,1-3H3,(H,22,25)/p+1. The van der Waals surface area contributed by atoms with Crippen LogP contribution in [0.4, 0.5) is 5.69 Å². The molecule has 7 nitrogen and oxygen atoms in total. The van der Waals surface area contributed by atoms with Gasteiger partial charge in [0, 0.05) is 18.8 Å². The summed E-state index contributed by atoms with van der Waals surface area (Å²) >= 11 is 0. The second kappa shape index (κ2) is 11.5. The average Bonchev–Trinajstić information content (AvgIpc) is 2.66. The van der Waals surface area contributed by atoms with E-state index in [-0.39, 0.29) is 10.8 Å². The van der Waals surface area contributed by atoms with Crippen molar-refractivity contribution in [3.8, 4) is 5.75 Å². The molecule has 1 aromatic carbocycles. The van der Waals surface area contributed by atoms with E-state index in [1.165, 1.54) is 34.5 Å². The molecule has 1 aliphatic heterocycles. The van der Waals surface area contributed by atoms with Crippen LogP contribution in [0.3, 0.4) is 0 Å². The van der Waals surface area contributed by atoms with Gasteiger partial charge in [-0.2, -0.15) is 4.31 Å². The number of likely N-dealkylation sites (tertiary alicyclic amines) is 1. The summed E-state index contributed by atoms with van der Waals surface area (Å²) in [7, 11) is -3.70. The van der Waals surface area contributed by atoms with Crippen molar-refractivity contribution in [2.45, 2.75) is 57.8 Å². The number of nitrogens with one attached hydrogen (secondary N) is 2. The Morgan fingerprint density at radius 2 is 1.69 bits per heavy atom. The summed E-state index contributed by atoms with van der Waals surface area (Å²) in [5, 5.41) is 2.88. The van der Waals surface area contributed by atoms with Crippen LogP contribution in [-0.2, 0) is 14.8 Å². The van der Waals surface area contributed by atoms with Crippen molar-refractivity contribution >= 4 is 21.6 Å². The molecular weight excluding hydrogens is 390 g/mol. The molecule has 1 heterocycles. The summed E-state index contributed by atoms with van der Waals surface area (Å²) in [6.45, 7) is 8.97. The van der Waals surface area contributed by atoms with Crippen molar-refractivity contribution in [2.24, 2.45) is 0 Å². The number of hydrogen-bond donors (Lipinski definition) is 2. The fourth-order valence-corrected chi connectivity index (χ4v) is 5.39. The first kappa shape index (κ1) is 23.6. The topological polar surface area (TPSA) is 80.1 Å². The number of anilines is 1. The van der Waals surface area contributed by atoms with Crippen LogP contribution in [0.5, 0.6) is 5.75 Å². The third-order valence-electron chi connectivity index (χ3n) is 5.32. The summed E-state index contributed by atoms with van der Waals surface area (Å²) in [6, 6.07) is 4.84. The zero-order valence-corrected chi connectivity index (χ0v) is 18.8. The second-order valence-electron chi connectivity index (χ2n) is 7.43. The number of hydrogen-bond acceptors (Lipinski definition) is 4. The molecule has 0 aliphatic carbocycles. The van der Waals surface area contributed by atoms with Gasteiger partial charge in [-0.1, -0.05) is 20.3 Å². The molecular formula is C21H36N3O4S+. The Hall–Kier alpha value is -1.64. The van der Waals surface area contributed by atoms with E-state index >= 15 is 0 Å². The lowest BCUT2D eigenvalue weighted by Crippen LogP contribution is -3.13. The number of quaternary nitrogens is 1. The van der Waals surface area contributed by atoms with Gasteiger partial charge in [0.15, 0.2) is 6.54 Å². The van der Waals surface area contributed by atoms with Crippen LogP contribution in [0.2, 0.25) is 0 Å². The number of nitrogens with zero attached hydrogens (tertiary/aromatic N) is 1. The van der Waals surface area contributed by atoms with Gasteiger partial charge in [-0.05, 0) is 50.8 Å². The molecule has 1 saturated heterocycles. The zero-order valence-electron chi connectivity index (χ0n) is 18.0. The van der Waals surface area contributed by atoms with Crippen molar-refractivity contribution in [3.05, 3.63) is 18.2 Å². The first-order valence-electron chi connectivity index (χ1n) is 10.8. The summed E-state index contributed by atoms with van der Waals surface area (Å²) in [5.41, 5.74) is 0.482. The first-order valence-corrected chi connectivity index (χ1v) is 12.3. The van der Waals surface area contributed by atoms with Gasteiger partial charge >= 0.3 is 0 Å². The minimum atomic E-state index is -3.70. The molecule has 0 spiro atoms. The largest absolute Gasteiger partial charge is 0.492 e. The van der Waals surface area contributed by atoms with Crippen molar-refractivity contribution in [1.82, 2.24) is 4.31 Å². The number of amides is 1. The van der Waals surface area contributed by atoms with Gasteiger partial charge < -0.3 is 15.0 Å². The molecule has 0 radical (unpaired) electrons. The lowest BCUT2D eigenvalue weighted by Gasteiger charge is -2.22. The quantitative estimate of drug-likeness (QED) is 0.632. The van der Waals surface area contributed by atoms with Crippen molar-refractivity contribution in [3.63, 3.8) is 0 Å². The number of carbonyl (C=O) groups excluding carboxylic acids is 1. The molecule has 0 saturated carbocycles. The number of sulfonamides is 1. The van der Waals surface area contributed by atoms with E-state index < -0.39 is 10.0 Å². The predicted molar refractivity (Wildman–Crippen MR) is 115 cm³/mol. The molecule has 2 rings (SSSR count). The van der Waals surface area contributed by atoms with Gasteiger partial charge in [0.2, 0.25) is 10.0 Å². The lowest BCUT2D eigenvalue weighted by molar-refractivity contribution is -0.892. The maximum atomic E-state index is 13.0. The van der Waals surface area contributed by atoms with E-state index in [1.54, 1.807) is 26.0 Å². The molecule has 8 heteroatoms. The van der Waals surface area contributed by atoms with Gasteiger partial charge in [0.1, 0.15) is 10.6 Å². The second-order valence-corrected chi connectivity index (χ2v) is 9.33. The first-order chi connectivity index (χ1) is 13.9. The fraction of sp³-hybridized carbons (Fsp3) is 0.667. The monoisotopic (exact) mass is 426 g/mol. The van der Waals surface area contributed by atoms with Crippen molar-refractivity contribution < 1.29 is 22.8 Å². The van der Waals surface area contributed by atoms with E-state index in [0.717, 1.165) is 25.9 Å². The Balaban J connectivity index is 2.17. The van der Waals surface area contributed by atoms with Gasteiger partial charge in [-0.25, -0.2) is 8.42 Å². The molecule has 1 amide bonds.